The minimum Gasteiger partial charge on any atom is -0.458 e. The fourth-order valence-electron chi connectivity index (χ4n) is 11.2. The monoisotopic (exact) mass is 780 g/mol. The second-order valence-corrected chi connectivity index (χ2v) is 17.3. The third-order valence-electron chi connectivity index (χ3n) is 14.2. The lowest BCUT2D eigenvalue weighted by molar-refractivity contribution is -0.354. The molecule has 4 heterocycles. The van der Waals surface area contributed by atoms with E-state index in [0.717, 1.165) is 44.1 Å². The number of aliphatic hydroxyl groups is 7. The number of allylic oxidation sites excluding steroid dienone is 1. The number of fused-ring (bicyclic) bond motifs is 4. The number of carbonyl (C=O) groups excluding carboxylic acids is 2. The van der Waals surface area contributed by atoms with Gasteiger partial charge in [0.1, 0.15) is 55.4 Å². The van der Waals surface area contributed by atoms with Crippen LogP contribution in [0, 0.1) is 29.1 Å². The SMILES string of the molecule is CC1OC(OC2COC(OC3C(O)CC(OC4CCC5(C)C(CCC6C7=C(C(=O)C(O)C65)C(C5=CC(=O)OC5)CC7)C4)OC3C)C(O)C2O)C(O)C(O)C1O. The number of ketones is 1. The first kappa shape index (κ1) is 39.9. The molecule has 5 fully saturated rings. The van der Waals surface area contributed by atoms with Gasteiger partial charge in [0.15, 0.2) is 24.7 Å². The third-order valence-corrected chi connectivity index (χ3v) is 14.2. The second kappa shape index (κ2) is 15.4. The van der Waals surface area contributed by atoms with Crippen molar-refractivity contribution >= 4 is 11.8 Å². The highest BCUT2D eigenvalue weighted by Crippen LogP contribution is 2.62. The van der Waals surface area contributed by atoms with Crippen molar-refractivity contribution in [2.24, 2.45) is 29.1 Å². The zero-order chi connectivity index (χ0) is 39.1. The smallest absolute Gasteiger partial charge is 0.331 e. The highest BCUT2D eigenvalue weighted by molar-refractivity contribution is 6.02. The van der Waals surface area contributed by atoms with E-state index in [1.165, 1.54) is 18.6 Å². The van der Waals surface area contributed by atoms with Gasteiger partial charge in [0.05, 0.1) is 31.0 Å². The normalized spacial score (nSPS) is 51.6. The molecule has 16 heteroatoms. The van der Waals surface area contributed by atoms with Crippen LogP contribution in [0.4, 0.5) is 0 Å². The van der Waals surface area contributed by atoms with Crippen LogP contribution in [-0.2, 0) is 42.7 Å². The van der Waals surface area contributed by atoms with Crippen molar-refractivity contribution in [3.05, 3.63) is 22.8 Å². The van der Waals surface area contributed by atoms with Gasteiger partial charge in [-0.05, 0) is 81.6 Å². The average molecular weight is 781 g/mol. The van der Waals surface area contributed by atoms with Crippen LogP contribution in [0.15, 0.2) is 22.8 Å². The van der Waals surface area contributed by atoms with E-state index in [1.807, 2.05) is 0 Å². The van der Waals surface area contributed by atoms with Crippen molar-refractivity contribution in [1.29, 1.82) is 0 Å². The van der Waals surface area contributed by atoms with E-state index in [4.69, 9.17) is 33.2 Å². The third kappa shape index (κ3) is 7.06. The number of ether oxygens (including phenoxy) is 7. The Kier molecular flexibility index (Phi) is 11.1. The standard InChI is InChI=1S/C39H56O16/c1-15-29(42)33(46)35(48)38(52-15)54-24-14-50-37(34(47)30(24)43)55-36-16(2)51-26(12-23(36)40)53-19-8-9-39(3)18(11-19)4-5-22-21-7-6-20(17-10-25(41)49-13-17)27(21)31(44)32(45)28(22)39/h10,15-16,18-20,22-24,26,28-30,32-38,40,42-43,45-48H,4-9,11-14H2,1-3H3. The van der Waals surface area contributed by atoms with Crippen molar-refractivity contribution in [3.63, 3.8) is 0 Å². The summed E-state index contributed by atoms with van der Waals surface area (Å²) in [5.41, 5.74) is 2.45. The number of hydrogen-bond donors (Lipinski definition) is 7. The molecule has 0 radical (unpaired) electrons. The molecule has 20 atom stereocenters. The molecule has 20 unspecified atom stereocenters. The van der Waals surface area contributed by atoms with Crippen molar-refractivity contribution < 1.29 is 78.5 Å². The lowest BCUT2D eigenvalue weighted by atomic mass is 9.48. The van der Waals surface area contributed by atoms with Crippen LogP contribution in [-0.4, -0.2) is 153 Å². The van der Waals surface area contributed by atoms with Crippen molar-refractivity contribution in [1.82, 2.24) is 0 Å². The van der Waals surface area contributed by atoms with E-state index in [9.17, 15) is 45.3 Å². The van der Waals surface area contributed by atoms with Crippen LogP contribution < -0.4 is 0 Å². The number of esters is 1. The minimum atomic E-state index is -1.60. The van der Waals surface area contributed by atoms with E-state index in [1.54, 1.807) is 6.92 Å². The van der Waals surface area contributed by atoms with Gasteiger partial charge in [0.2, 0.25) is 0 Å². The molecule has 4 aliphatic heterocycles. The second-order valence-electron chi connectivity index (χ2n) is 17.3. The first-order chi connectivity index (χ1) is 26.2. The number of hydrogen-bond acceptors (Lipinski definition) is 16. The molecule has 0 spiro atoms. The van der Waals surface area contributed by atoms with E-state index in [-0.39, 0.29) is 66.6 Å². The predicted octanol–water partition coefficient (Wildman–Crippen LogP) is -0.491. The molecular formula is C39H56O16. The van der Waals surface area contributed by atoms with Crippen LogP contribution in [0.1, 0.15) is 72.1 Å². The minimum absolute atomic E-state index is 0.0941. The van der Waals surface area contributed by atoms with Gasteiger partial charge in [0.25, 0.3) is 0 Å². The van der Waals surface area contributed by atoms with Crippen LogP contribution in [0.2, 0.25) is 0 Å². The van der Waals surface area contributed by atoms with Crippen molar-refractivity contribution in [2.75, 3.05) is 13.2 Å². The quantitative estimate of drug-likeness (QED) is 0.127. The van der Waals surface area contributed by atoms with E-state index < -0.39 is 86.0 Å². The van der Waals surface area contributed by atoms with E-state index in [0.29, 0.717) is 12.0 Å². The maximum atomic E-state index is 13.8. The molecule has 8 aliphatic rings. The summed E-state index contributed by atoms with van der Waals surface area (Å²) in [4.78, 5) is 25.6. The molecule has 8 rings (SSSR count). The fraction of sp³-hybridized carbons (Fsp3) is 0.846. The first-order valence-electron chi connectivity index (χ1n) is 20.0. The number of aliphatic hydroxyl groups excluding tert-OH is 7. The summed E-state index contributed by atoms with van der Waals surface area (Å²) in [5, 5.41) is 74.9. The van der Waals surface area contributed by atoms with Gasteiger partial charge in [-0.15, -0.1) is 0 Å². The summed E-state index contributed by atoms with van der Waals surface area (Å²) in [6.45, 7) is 5.36. The Morgan fingerprint density at radius 2 is 1.56 bits per heavy atom. The molecule has 0 aromatic heterocycles. The summed E-state index contributed by atoms with van der Waals surface area (Å²) in [5.74, 6) is -0.580. The van der Waals surface area contributed by atoms with Crippen LogP contribution in [0.5, 0.6) is 0 Å². The molecule has 0 aromatic carbocycles. The number of rotatable bonds is 7. The van der Waals surface area contributed by atoms with E-state index in [2.05, 4.69) is 6.92 Å². The van der Waals surface area contributed by atoms with Gasteiger partial charge in [0, 0.05) is 29.9 Å². The summed E-state index contributed by atoms with van der Waals surface area (Å²) >= 11 is 0. The predicted molar refractivity (Wildman–Crippen MR) is 185 cm³/mol. The zero-order valence-corrected chi connectivity index (χ0v) is 31.4. The van der Waals surface area contributed by atoms with Gasteiger partial charge in [-0.3, -0.25) is 4.79 Å². The maximum absolute atomic E-state index is 13.8. The Bertz CT molecular complexity index is 1520. The van der Waals surface area contributed by atoms with Crippen molar-refractivity contribution in [3.8, 4) is 0 Å². The average Bonchev–Trinajstić information content (AvgIpc) is 3.79. The van der Waals surface area contributed by atoms with Crippen LogP contribution >= 0.6 is 0 Å². The topological polar surface area (TPSA) is 240 Å². The number of Topliss-reactive ketones (excluding diaryl/α,β-unsaturated/α-hetero) is 1. The Balaban J connectivity index is 0.843. The van der Waals surface area contributed by atoms with Crippen molar-refractivity contribution in [2.45, 2.75) is 164 Å². The lowest BCUT2D eigenvalue weighted by Crippen LogP contribution is -2.62. The Labute approximate surface area is 319 Å². The molecule has 2 saturated carbocycles. The summed E-state index contributed by atoms with van der Waals surface area (Å²) < 4.78 is 40.5. The first-order valence-corrected chi connectivity index (χ1v) is 20.0. The molecule has 308 valence electrons. The summed E-state index contributed by atoms with van der Waals surface area (Å²) in [6, 6.07) is 0. The Morgan fingerprint density at radius 1 is 0.800 bits per heavy atom. The molecule has 55 heavy (non-hydrogen) atoms. The van der Waals surface area contributed by atoms with Gasteiger partial charge in [-0.25, -0.2) is 4.79 Å². The summed E-state index contributed by atoms with van der Waals surface area (Å²) in [6.07, 6.45) is -9.81. The fourth-order valence-corrected chi connectivity index (χ4v) is 11.2. The van der Waals surface area contributed by atoms with Gasteiger partial charge < -0.3 is 68.9 Å². The van der Waals surface area contributed by atoms with Gasteiger partial charge in [-0.1, -0.05) is 12.5 Å². The number of carbonyl (C=O) groups is 2. The van der Waals surface area contributed by atoms with E-state index >= 15 is 0 Å². The number of cyclic esters (lactones) is 1. The zero-order valence-electron chi connectivity index (χ0n) is 31.4. The molecule has 0 bridgehead atoms. The molecule has 4 aliphatic carbocycles. The van der Waals surface area contributed by atoms with Crippen LogP contribution in [0.25, 0.3) is 0 Å². The molecular weight excluding hydrogens is 724 g/mol. The van der Waals surface area contributed by atoms with Gasteiger partial charge >= 0.3 is 5.97 Å². The van der Waals surface area contributed by atoms with Crippen LogP contribution in [0.3, 0.4) is 0 Å². The molecule has 3 saturated heterocycles. The Hall–Kier alpha value is -1.90. The summed E-state index contributed by atoms with van der Waals surface area (Å²) in [7, 11) is 0. The highest BCUT2D eigenvalue weighted by atomic mass is 16.7. The molecule has 0 aromatic rings. The molecule has 0 amide bonds. The maximum Gasteiger partial charge on any atom is 0.331 e. The molecule has 7 N–H and O–H groups in total. The van der Waals surface area contributed by atoms with Gasteiger partial charge in [-0.2, -0.15) is 0 Å². The largest absolute Gasteiger partial charge is 0.458 e. The Morgan fingerprint density at radius 3 is 2.29 bits per heavy atom. The lowest BCUT2D eigenvalue weighted by Gasteiger charge is -2.58. The highest BCUT2D eigenvalue weighted by Gasteiger charge is 2.59. The molecule has 16 nitrogen and oxygen atoms in total.